The van der Waals surface area contributed by atoms with Crippen molar-refractivity contribution in [1.82, 2.24) is 15.3 Å². The van der Waals surface area contributed by atoms with Crippen molar-refractivity contribution >= 4 is 11.6 Å². The minimum absolute atomic E-state index is 0.142. The molecule has 0 aliphatic heterocycles. The molecule has 0 radical (unpaired) electrons. The third kappa shape index (κ3) is 4.05. The van der Waals surface area contributed by atoms with Gasteiger partial charge in [-0.15, -0.1) is 0 Å². The number of amides is 1. The van der Waals surface area contributed by atoms with E-state index in [0.717, 1.165) is 17.7 Å². The standard InChI is InChI=1S/C15H18N4O/c1-2-6-18-15(20)14-9-13(5-8-17-14)19-11-12-4-3-7-16-10-12/h3-5,7-10H,2,6,11H2,1H3,(H,17,19)(H,18,20). The number of nitrogens with one attached hydrogen (secondary N) is 2. The number of pyridine rings is 2. The molecule has 5 heteroatoms. The Morgan fingerprint density at radius 2 is 2.20 bits per heavy atom. The number of nitrogens with zero attached hydrogens (tertiary/aromatic N) is 2. The van der Waals surface area contributed by atoms with E-state index >= 15 is 0 Å². The summed E-state index contributed by atoms with van der Waals surface area (Å²) in [6.07, 6.45) is 6.09. The maximum absolute atomic E-state index is 11.8. The summed E-state index contributed by atoms with van der Waals surface area (Å²) in [5, 5.41) is 6.06. The van der Waals surface area contributed by atoms with Gasteiger partial charge in [-0.3, -0.25) is 14.8 Å². The Kier molecular flexibility index (Phi) is 5.06. The lowest BCUT2D eigenvalue weighted by molar-refractivity contribution is 0.0949. The lowest BCUT2D eigenvalue weighted by Gasteiger charge is -2.08. The highest BCUT2D eigenvalue weighted by Gasteiger charge is 2.06. The molecular weight excluding hydrogens is 252 g/mol. The number of aromatic nitrogens is 2. The van der Waals surface area contributed by atoms with Gasteiger partial charge in [-0.05, 0) is 30.2 Å². The van der Waals surface area contributed by atoms with E-state index in [-0.39, 0.29) is 5.91 Å². The molecule has 0 aliphatic rings. The van der Waals surface area contributed by atoms with Crippen LogP contribution in [0.25, 0.3) is 0 Å². The average Bonchev–Trinajstić information content (AvgIpc) is 2.52. The summed E-state index contributed by atoms with van der Waals surface area (Å²) >= 11 is 0. The first-order valence-electron chi connectivity index (χ1n) is 6.66. The zero-order chi connectivity index (χ0) is 14.2. The van der Waals surface area contributed by atoms with Crippen molar-refractivity contribution in [3.63, 3.8) is 0 Å². The molecule has 2 heterocycles. The van der Waals surface area contributed by atoms with Crippen LogP contribution >= 0.6 is 0 Å². The molecular formula is C15H18N4O. The van der Waals surface area contributed by atoms with Gasteiger partial charge in [-0.2, -0.15) is 0 Å². The van der Waals surface area contributed by atoms with Gasteiger partial charge in [0.25, 0.3) is 5.91 Å². The molecule has 2 rings (SSSR count). The van der Waals surface area contributed by atoms with Crippen molar-refractivity contribution in [3.05, 3.63) is 54.1 Å². The predicted octanol–water partition coefficient (Wildman–Crippen LogP) is 2.23. The maximum atomic E-state index is 11.8. The van der Waals surface area contributed by atoms with Crippen molar-refractivity contribution in [3.8, 4) is 0 Å². The molecule has 2 aromatic heterocycles. The van der Waals surface area contributed by atoms with Crippen LogP contribution in [0.5, 0.6) is 0 Å². The van der Waals surface area contributed by atoms with Gasteiger partial charge in [0.2, 0.25) is 0 Å². The molecule has 0 bridgehead atoms. The van der Waals surface area contributed by atoms with E-state index in [0.29, 0.717) is 18.8 Å². The Hall–Kier alpha value is -2.43. The van der Waals surface area contributed by atoms with Crippen LogP contribution in [0.4, 0.5) is 5.69 Å². The number of hydrogen-bond donors (Lipinski definition) is 2. The van der Waals surface area contributed by atoms with E-state index in [9.17, 15) is 4.79 Å². The van der Waals surface area contributed by atoms with Crippen molar-refractivity contribution in [2.75, 3.05) is 11.9 Å². The van der Waals surface area contributed by atoms with Gasteiger partial charge >= 0.3 is 0 Å². The zero-order valence-corrected chi connectivity index (χ0v) is 11.5. The molecule has 0 fully saturated rings. The van der Waals surface area contributed by atoms with Gasteiger partial charge in [0.1, 0.15) is 5.69 Å². The molecule has 20 heavy (non-hydrogen) atoms. The quantitative estimate of drug-likeness (QED) is 0.844. The second kappa shape index (κ2) is 7.23. The first-order chi connectivity index (χ1) is 9.79. The summed E-state index contributed by atoms with van der Waals surface area (Å²) in [6, 6.07) is 7.48. The Labute approximate surface area is 118 Å². The molecule has 0 saturated heterocycles. The van der Waals surface area contributed by atoms with Crippen molar-refractivity contribution in [2.45, 2.75) is 19.9 Å². The zero-order valence-electron chi connectivity index (χ0n) is 11.5. The van der Waals surface area contributed by atoms with E-state index in [1.807, 2.05) is 31.3 Å². The lowest BCUT2D eigenvalue weighted by Crippen LogP contribution is -2.24. The highest BCUT2D eigenvalue weighted by atomic mass is 16.1. The molecule has 0 aromatic carbocycles. The van der Waals surface area contributed by atoms with Gasteiger partial charge in [0, 0.05) is 37.4 Å². The first kappa shape index (κ1) is 14.0. The van der Waals surface area contributed by atoms with Gasteiger partial charge in [-0.25, -0.2) is 0 Å². The van der Waals surface area contributed by atoms with Crippen LogP contribution in [-0.2, 0) is 6.54 Å². The lowest BCUT2D eigenvalue weighted by atomic mass is 10.2. The summed E-state index contributed by atoms with van der Waals surface area (Å²) in [7, 11) is 0. The molecule has 2 aromatic rings. The van der Waals surface area contributed by atoms with E-state index < -0.39 is 0 Å². The largest absolute Gasteiger partial charge is 0.381 e. The minimum Gasteiger partial charge on any atom is -0.381 e. The minimum atomic E-state index is -0.142. The topological polar surface area (TPSA) is 66.9 Å². The van der Waals surface area contributed by atoms with Crippen molar-refractivity contribution in [1.29, 1.82) is 0 Å². The SMILES string of the molecule is CCCNC(=O)c1cc(NCc2cccnc2)ccn1. The number of carbonyl (C=O) groups is 1. The number of anilines is 1. The van der Waals surface area contributed by atoms with E-state index in [4.69, 9.17) is 0 Å². The van der Waals surface area contributed by atoms with Gasteiger partial charge in [0.05, 0.1) is 0 Å². The third-order valence-electron chi connectivity index (χ3n) is 2.75. The van der Waals surface area contributed by atoms with Crippen LogP contribution in [0.3, 0.4) is 0 Å². The summed E-state index contributed by atoms with van der Waals surface area (Å²) in [5.41, 5.74) is 2.38. The van der Waals surface area contributed by atoms with Crippen LogP contribution in [0.2, 0.25) is 0 Å². The molecule has 2 N–H and O–H groups in total. The van der Waals surface area contributed by atoms with E-state index in [1.54, 1.807) is 18.5 Å². The Morgan fingerprint density at radius 3 is 2.95 bits per heavy atom. The van der Waals surface area contributed by atoms with Gasteiger partial charge < -0.3 is 10.6 Å². The van der Waals surface area contributed by atoms with Crippen LogP contribution in [0.1, 0.15) is 29.4 Å². The van der Waals surface area contributed by atoms with Crippen molar-refractivity contribution in [2.24, 2.45) is 0 Å². The van der Waals surface area contributed by atoms with Crippen LogP contribution in [0.15, 0.2) is 42.9 Å². The highest BCUT2D eigenvalue weighted by Crippen LogP contribution is 2.09. The normalized spacial score (nSPS) is 10.1. The van der Waals surface area contributed by atoms with E-state index in [2.05, 4.69) is 20.6 Å². The van der Waals surface area contributed by atoms with Crippen LogP contribution in [-0.4, -0.2) is 22.4 Å². The molecule has 0 aliphatic carbocycles. The maximum Gasteiger partial charge on any atom is 0.269 e. The smallest absolute Gasteiger partial charge is 0.269 e. The van der Waals surface area contributed by atoms with Gasteiger partial charge in [-0.1, -0.05) is 13.0 Å². The molecule has 0 saturated carbocycles. The molecule has 5 nitrogen and oxygen atoms in total. The summed E-state index contributed by atoms with van der Waals surface area (Å²) in [5.74, 6) is -0.142. The fourth-order valence-electron chi connectivity index (χ4n) is 1.70. The second-order valence-corrected chi connectivity index (χ2v) is 4.40. The monoisotopic (exact) mass is 270 g/mol. The van der Waals surface area contributed by atoms with Gasteiger partial charge in [0.15, 0.2) is 0 Å². The average molecular weight is 270 g/mol. The fraction of sp³-hybridized carbons (Fsp3) is 0.267. The Morgan fingerprint density at radius 1 is 1.30 bits per heavy atom. The molecule has 104 valence electrons. The first-order valence-corrected chi connectivity index (χ1v) is 6.66. The molecule has 0 spiro atoms. The Balaban J connectivity index is 1.97. The predicted molar refractivity (Wildman–Crippen MR) is 78.4 cm³/mol. The number of carbonyl (C=O) groups excluding carboxylic acids is 1. The molecule has 1 amide bonds. The summed E-state index contributed by atoms with van der Waals surface area (Å²) in [4.78, 5) is 20.0. The fourth-order valence-corrected chi connectivity index (χ4v) is 1.70. The number of rotatable bonds is 6. The summed E-state index contributed by atoms with van der Waals surface area (Å²) < 4.78 is 0. The molecule has 0 atom stereocenters. The molecule has 0 unspecified atom stereocenters. The van der Waals surface area contributed by atoms with Crippen LogP contribution < -0.4 is 10.6 Å². The Bertz CT molecular complexity index is 557. The highest BCUT2D eigenvalue weighted by molar-refractivity contribution is 5.93. The third-order valence-corrected chi connectivity index (χ3v) is 2.75. The number of hydrogen-bond acceptors (Lipinski definition) is 4. The second-order valence-electron chi connectivity index (χ2n) is 4.40. The van der Waals surface area contributed by atoms with E-state index in [1.165, 1.54) is 0 Å². The summed E-state index contributed by atoms with van der Waals surface area (Å²) in [6.45, 7) is 3.33. The van der Waals surface area contributed by atoms with Crippen molar-refractivity contribution < 1.29 is 4.79 Å². The van der Waals surface area contributed by atoms with Crippen LogP contribution in [0, 0.1) is 0 Å².